The molecule has 1 atom stereocenters. The maximum absolute atomic E-state index is 12.5. The fraction of sp³-hybridized carbons (Fsp3) is 0.323. The summed E-state index contributed by atoms with van der Waals surface area (Å²) in [5.41, 5.74) is 1.67. The first-order valence-corrected chi connectivity index (χ1v) is 14.1. The Labute approximate surface area is 250 Å². The van der Waals surface area contributed by atoms with Gasteiger partial charge in [0.05, 0.1) is 5.56 Å². The fourth-order valence-corrected chi connectivity index (χ4v) is 5.57. The zero-order valence-corrected chi connectivity index (χ0v) is 24.4. The number of rotatable bonds is 8. The number of benzene rings is 2. The summed E-state index contributed by atoms with van der Waals surface area (Å²) in [6, 6.07) is 11.4. The largest absolute Gasteiger partial charge is 0.438 e. The summed E-state index contributed by atoms with van der Waals surface area (Å²) in [6.07, 6.45) is 4.08. The second-order valence-electron chi connectivity index (χ2n) is 10.3. The van der Waals surface area contributed by atoms with Gasteiger partial charge in [0.25, 0.3) is 0 Å². The second kappa shape index (κ2) is 12.5. The van der Waals surface area contributed by atoms with Gasteiger partial charge in [0, 0.05) is 69.1 Å². The van der Waals surface area contributed by atoms with Crippen molar-refractivity contribution in [2.24, 2.45) is 0 Å². The first-order chi connectivity index (χ1) is 20.3. The third kappa shape index (κ3) is 5.87. The number of carbonyl (C=O) groups is 2. The van der Waals surface area contributed by atoms with E-state index in [1.807, 2.05) is 42.5 Å². The molecule has 2 amide bonds. The highest BCUT2D eigenvalue weighted by molar-refractivity contribution is 6.36. The minimum Gasteiger partial charge on any atom is -0.438 e. The van der Waals surface area contributed by atoms with E-state index >= 15 is 0 Å². The van der Waals surface area contributed by atoms with Gasteiger partial charge < -0.3 is 29.6 Å². The van der Waals surface area contributed by atoms with Crippen LogP contribution in [-0.2, 0) is 16.0 Å². The van der Waals surface area contributed by atoms with Gasteiger partial charge in [-0.2, -0.15) is 9.97 Å². The van der Waals surface area contributed by atoms with E-state index in [-0.39, 0.29) is 30.8 Å². The van der Waals surface area contributed by atoms with Gasteiger partial charge >= 0.3 is 0 Å². The first kappa shape index (κ1) is 28.9. The van der Waals surface area contributed by atoms with E-state index in [1.54, 1.807) is 19.0 Å². The predicted molar refractivity (Wildman–Crippen MR) is 164 cm³/mol. The van der Waals surface area contributed by atoms with Crippen LogP contribution in [0.15, 0.2) is 55.1 Å². The number of allylic oxidation sites excluding steroid dienone is 1. The maximum Gasteiger partial charge on any atom is 0.246 e. The molecule has 5 rings (SSSR count). The summed E-state index contributed by atoms with van der Waals surface area (Å²) in [7, 11) is 3.43. The zero-order chi connectivity index (χ0) is 29.8. The summed E-state index contributed by atoms with van der Waals surface area (Å²) in [5.74, 6) is 1.86. The van der Waals surface area contributed by atoms with Crippen LogP contribution < -0.4 is 15.0 Å². The number of nitrogens with zero attached hydrogens (tertiary/aromatic N) is 6. The number of hydrogen-bond acceptors (Lipinski definition) is 7. The van der Waals surface area contributed by atoms with Crippen molar-refractivity contribution in [3.8, 4) is 5.88 Å². The van der Waals surface area contributed by atoms with Gasteiger partial charge in [-0.25, -0.2) is 6.57 Å². The number of hydrogen-bond donors (Lipinski definition) is 1. The molecule has 10 nitrogen and oxygen atoms in total. The zero-order valence-electron chi connectivity index (χ0n) is 23.6. The van der Waals surface area contributed by atoms with Crippen LogP contribution in [0.3, 0.4) is 0 Å². The molecule has 1 aromatic heterocycles. The van der Waals surface area contributed by atoms with E-state index in [9.17, 15) is 9.59 Å². The molecule has 2 aromatic carbocycles. The molecule has 0 aliphatic carbocycles. The molecule has 11 heteroatoms. The van der Waals surface area contributed by atoms with Crippen molar-refractivity contribution in [3.63, 3.8) is 0 Å². The highest BCUT2D eigenvalue weighted by atomic mass is 35.5. The van der Waals surface area contributed by atoms with Crippen LogP contribution in [0, 0.1) is 6.57 Å². The number of halogens is 1. The number of carbonyl (C=O) groups excluding carboxylic acids is 2. The van der Waals surface area contributed by atoms with E-state index in [2.05, 4.69) is 21.6 Å². The standard InChI is InChI=1S/C31H32ClN7O3/c1-5-26(40)39-17-16-38(19-21(39)18-33-2)29-23-12-13-25(22-10-6-8-20-9-7-11-24(32)28(20)22)42-30(23)36-31(35-29)34-15-14-27(41)37(3)4/h5-11,13,21H,1,12,14-19H2,3-4H3,(H,34,35,36)/t21-/m0/s1. The van der Waals surface area contributed by atoms with Crippen molar-refractivity contribution in [3.05, 3.63) is 82.7 Å². The van der Waals surface area contributed by atoms with E-state index in [4.69, 9.17) is 32.9 Å². The number of piperazine rings is 1. The third-order valence-electron chi connectivity index (χ3n) is 7.43. The number of aromatic nitrogens is 2. The Balaban J connectivity index is 1.50. The van der Waals surface area contributed by atoms with Gasteiger partial charge in [-0.05, 0) is 23.6 Å². The Morgan fingerprint density at radius 2 is 2.02 bits per heavy atom. The van der Waals surface area contributed by atoms with Gasteiger partial charge in [0.15, 0.2) is 0 Å². The summed E-state index contributed by atoms with van der Waals surface area (Å²) in [6.45, 7) is 13.0. The minimum absolute atomic E-state index is 0.0139. The average molecular weight is 586 g/mol. The molecular weight excluding hydrogens is 554 g/mol. The molecule has 1 N–H and O–H groups in total. The van der Waals surface area contributed by atoms with Gasteiger partial charge in [-0.1, -0.05) is 48.5 Å². The monoisotopic (exact) mass is 585 g/mol. The number of anilines is 2. The minimum atomic E-state index is -0.310. The highest BCUT2D eigenvalue weighted by Crippen LogP contribution is 2.39. The molecule has 0 bridgehead atoms. The molecule has 0 radical (unpaired) electrons. The van der Waals surface area contributed by atoms with Crippen molar-refractivity contribution in [1.29, 1.82) is 0 Å². The van der Waals surface area contributed by atoms with E-state index < -0.39 is 0 Å². The van der Waals surface area contributed by atoms with E-state index in [1.165, 1.54) is 11.0 Å². The lowest BCUT2D eigenvalue weighted by atomic mass is 10.0. The van der Waals surface area contributed by atoms with Crippen molar-refractivity contribution in [1.82, 2.24) is 19.8 Å². The van der Waals surface area contributed by atoms with Crippen LogP contribution in [0.25, 0.3) is 21.4 Å². The van der Waals surface area contributed by atoms with Crippen molar-refractivity contribution < 1.29 is 14.3 Å². The molecule has 42 heavy (non-hydrogen) atoms. The fourth-order valence-electron chi connectivity index (χ4n) is 5.28. The summed E-state index contributed by atoms with van der Waals surface area (Å²) >= 11 is 6.61. The van der Waals surface area contributed by atoms with Crippen LogP contribution in [0.4, 0.5) is 11.8 Å². The lowest BCUT2D eigenvalue weighted by Crippen LogP contribution is -2.56. The molecule has 2 aliphatic rings. The molecule has 0 spiro atoms. The van der Waals surface area contributed by atoms with Crippen molar-refractivity contribution >= 4 is 51.7 Å². The van der Waals surface area contributed by atoms with Gasteiger partial charge in [-0.3, -0.25) is 9.59 Å². The molecule has 0 saturated carbocycles. The molecule has 3 aromatic rings. The van der Waals surface area contributed by atoms with Gasteiger partial charge in [0.1, 0.15) is 17.6 Å². The summed E-state index contributed by atoms with van der Waals surface area (Å²) in [4.78, 5) is 43.1. The van der Waals surface area contributed by atoms with Crippen LogP contribution in [0.5, 0.6) is 5.88 Å². The lowest BCUT2D eigenvalue weighted by Gasteiger charge is -2.40. The highest BCUT2D eigenvalue weighted by Gasteiger charge is 2.34. The summed E-state index contributed by atoms with van der Waals surface area (Å²) < 4.78 is 6.45. The Morgan fingerprint density at radius 3 is 2.76 bits per heavy atom. The summed E-state index contributed by atoms with van der Waals surface area (Å²) in [5, 5.41) is 5.72. The SMILES string of the molecule is [C-]#[N+]C[C@H]1CN(c2nc(NCCC(=O)N(C)C)nc3c2CC=C(c2cccc4cccc(Cl)c24)O3)CCN1C(=O)C=C. The quantitative estimate of drug-likeness (QED) is 0.312. The normalized spacial score (nSPS) is 16.1. The Hall–Kier alpha value is -4.62. The maximum atomic E-state index is 12.5. The lowest BCUT2D eigenvalue weighted by molar-refractivity contribution is -0.129. The molecule has 1 fully saturated rings. The van der Waals surface area contributed by atoms with Gasteiger partial charge in [0.2, 0.25) is 30.2 Å². The molecule has 3 heterocycles. The van der Waals surface area contributed by atoms with E-state index in [0.717, 1.165) is 21.9 Å². The van der Waals surface area contributed by atoms with Crippen molar-refractivity contribution in [2.75, 3.05) is 57.0 Å². The Bertz CT molecular complexity index is 1610. The van der Waals surface area contributed by atoms with Crippen LogP contribution in [-0.4, -0.2) is 84.4 Å². The molecule has 216 valence electrons. The van der Waals surface area contributed by atoms with Crippen molar-refractivity contribution in [2.45, 2.75) is 18.9 Å². The number of nitrogens with one attached hydrogen (secondary N) is 1. The Morgan fingerprint density at radius 1 is 1.24 bits per heavy atom. The molecule has 2 aliphatic heterocycles. The molecule has 0 unspecified atom stereocenters. The van der Waals surface area contributed by atoms with Crippen LogP contribution in [0.1, 0.15) is 17.5 Å². The number of amides is 2. The first-order valence-electron chi connectivity index (χ1n) is 13.7. The Kier molecular flexibility index (Phi) is 8.59. The van der Waals surface area contributed by atoms with Crippen LogP contribution in [0.2, 0.25) is 5.02 Å². The van der Waals surface area contributed by atoms with Crippen LogP contribution >= 0.6 is 11.6 Å². The van der Waals surface area contributed by atoms with E-state index in [0.29, 0.717) is 61.0 Å². The molecule has 1 saturated heterocycles. The second-order valence-corrected chi connectivity index (χ2v) is 10.7. The predicted octanol–water partition coefficient (Wildman–Crippen LogP) is 4.27. The third-order valence-corrected chi connectivity index (χ3v) is 7.74. The average Bonchev–Trinajstić information content (AvgIpc) is 3.00. The smallest absolute Gasteiger partial charge is 0.246 e. The number of fused-ring (bicyclic) bond motifs is 2. The van der Waals surface area contributed by atoms with Gasteiger partial charge in [-0.15, -0.1) is 0 Å². The number of ether oxygens (including phenoxy) is 1. The molecular formula is C31H32ClN7O3. The topological polar surface area (TPSA) is 95.3 Å².